The average Bonchev–Trinajstić information content (AvgIpc) is 2.48. The molecule has 1 aliphatic rings. The number of nitrogens with one attached hydrogen (secondary N) is 1. The normalized spacial score (nSPS) is 13.9. The highest BCUT2D eigenvalue weighted by atomic mass is 79.9. The van der Waals surface area contributed by atoms with E-state index in [-0.39, 0.29) is 0 Å². The summed E-state index contributed by atoms with van der Waals surface area (Å²) in [5.41, 5.74) is 5.71. The summed E-state index contributed by atoms with van der Waals surface area (Å²) in [6, 6.07) is 5.65. The molecule has 2 aromatic rings. The Bertz CT molecular complexity index is 643. The van der Waals surface area contributed by atoms with Gasteiger partial charge in [-0.1, -0.05) is 27.5 Å². The molecule has 0 amide bonds. The van der Waals surface area contributed by atoms with Crippen LogP contribution < -0.4 is 11.3 Å². The summed E-state index contributed by atoms with van der Waals surface area (Å²) in [5.74, 6) is 6.93. The second-order valence-electron chi connectivity index (χ2n) is 4.80. The lowest BCUT2D eigenvalue weighted by Gasteiger charge is -2.19. The Morgan fingerprint density at radius 3 is 2.80 bits per heavy atom. The van der Waals surface area contributed by atoms with Crippen LogP contribution in [0.4, 0.5) is 5.82 Å². The first-order valence-electron chi connectivity index (χ1n) is 6.51. The Labute approximate surface area is 130 Å². The second kappa shape index (κ2) is 5.68. The monoisotopic (exact) mass is 352 g/mol. The summed E-state index contributed by atoms with van der Waals surface area (Å²) in [7, 11) is 0. The van der Waals surface area contributed by atoms with Gasteiger partial charge in [0.15, 0.2) is 5.82 Å². The minimum atomic E-state index is 0.616. The minimum absolute atomic E-state index is 0.616. The van der Waals surface area contributed by atoms with Crippen molar-refractivity contribution in [2.24, 2.45) is 5.84 Å². The summed E-state index contributed by atoms with van der Waals surface area (Å²) in [4.78, 5) is 9.21. The summed E-state index contributed by atoms with van der Waals surface area (Å²) in [6.07, 6.45) is 4.24. The van der Waals surface area contributed by atoms with Crippen molar-refractivity contribution in [1.82, 2.24) is 9.97 Å². The van der Waals surface area contributed by atoms with Crippen LogP contribution in [0.1, 0.15) is 24.1 Å². The topological polar surface area (TPSA) is 63.8 Å². The maximum absolute atomic E-state index is 6.26. The maximum Gasteiger partial charge on any atom is 0.163 e. The SMILES string of the molecule is NNc1nc(-c2cc(Br)ccc2Cl)nc2c1CCCC2. The molecule has 1 aromatic carbocycles. The number of fused-ring (bicyclic) bond motifs is 1. The molecule has 1 aliphatic carbocycles. The summed E-state index contributed by atoms with van der Waals surface area (Å²) in [5, 5.41) is 0.631. The number of hydrogen-bond donors (Lipinski definition) is 2. The largest absolute Gasteiger partial charge is 0.308 e. The van der Waals surface area contributed by atoms with Gasteiger partial charge in [0, 0.05) is 21.3 Å². The zero-order valence-electron chi connectivity index (χ0n) is 10.8. The van der Waals surface area contributed by atoms with E-state index in [4.69, 9.17) is 17.4 Å². The van der Waals surface area contributed by atoms with Gasteiger partial charge in [-0.15, -0.1) is 0 Å². The first-order valence-corrected chi connectivity index (χ1v) is 7.68. The van der Waals surface area contributed by atoms with Gasteiger partial charge in [-0.3, -0.25) is 0 Å². The predicted octanol–water partition coefficient (Wildman–Crippen LogP) is 3.72. The van der Waals surface area contributed by atoms with Crippen LogP contribution in [0, 0.1) is 0 Å². The molecule has 0 unspecified atom stereocenters. The van der Waals surface area contributed by atoms with E-state index < -0.39 is 0 Å². The Morgan fingerprint density at radius 1 is 1.20 bits per heavy atom. The van der Waals surface area contributed by atoms with E-state index in [9.17, 15) is 0 Å². The van der Waals surface area contributed by atoms with Gasteiger partial charge in [0.05, 0.1) is 5.02 Å². The lowest BCUT2D eigenvalue weighted by Crippen LogP contribution is -2.17. The van der Waals surface area contributed by atoms with Gasteiger partial charge in [0.2, 0.25) is 0 Å². The van der Waals surface area contributed by atoms with Crippen LogP contribution in [0.25, 0.3) is 11.4 Å². The van der Waals surface area contributed by atoms with Crippen molar-refractivity contribution >= 4 is 33.3 Å². The van der Waals surface area contributed by atoms with Crippen LogP contribution in [-0.4, -0.2) is 9.97 Å². The van der Waals surface area contributed by atoms with E-state index in [1.807, 2.05) is 18.2 Å². The Morgan fingerprint density at radius 2 is 2.00 bits per heavy atom. The number of hydrazine groups is 1. The maximum atomic E-state index is 6.26. The zero-order chi connectivity index (χ0) is 14.1. The number of hydrogen-bond acceptors (Lipinski definition) is 4. The third kappa shape index (κ3) is 2.53. The molecule has 1 heterocycles. The Balaban J connectivity index is 2.17. The van der Waals surface area contributed by atoms with Crippen LogP contribution in [0.15, 0.2) is 22.7 Å². The van der Waals surface area contributed by atoms with Crippen LogP contribution in [0.3, 0.4) is 0 Å². The van der Waals surface area contributed by atoms with Gasteiger partial charge in [0.1, 0.15) is 5.82 Å². The van der Waals surface area contributed by atoms with Gasteiger partial charge >= 0.3 is 0 Å². The van der Waals surface area contributed by atoms with Crippen molar-refractivity contribution in [3.05, 3.63) is 39.0 Å². The molecular weight excluding hydrogens is 340 g/mol. The molecule has 0 bridgehead atoms. The Kier molecular flexibility index (Phi) is 3.92. The van der Waals surface area contributed by atoms with E-state index in [0.717, 1.165) is 47.0 Å². The highest BCUT2D eigenvalue weighted by Gasteiger charge is 2.19. The third-order valence-corrected chi connectivity index (χ3v) is 4.31. The molecule has 0 fully saturated rings. The van der Waals surface area contributed by atoms with E-state index in [1.54, 1.807) is 0 Å². The molecule has 104 valence electrons. The molecule has 3 N–H and O–H groups in total. The predicted molar refractivity (Wildman–Crippen MR) is 84.6 cm³/mol. The number of rotatable bonds is 2. The average molecular weight is 354 g/mol. The molecule has 0 saturated heterocycles. The quantitative estimate of drug-likeness (QED) is 0.638. The fourth-order valence-electron chi connectivity index (χ4n) is 2.50. The van der Waals surface area contributed by atoms with Crippen LogP contribution in [-0.2, 0) is 12.8 Å². The third-order valence-electron chi connectivity index (χ3n) is 3.49. The molecule has 20 heavy (non-hydrogen) atoms. The van der Waals surface area contributed by atoms with E-state index in [0.29, 0.717) is 16.7 Å². The van der Waals surface area contributed by atoms with E-state index >= 15 is 0 Å². The number of aryl methyl sites for hydroxylation is 1. The molecule has 0 radical (unpaired) electrons. The number of nitrogens with two attached hydrogens (primary N) is 1. The fraction of sp³-hybridized carbons (Fsp3) is 0.286. The molecule has 0 atom stereocenters. The number of anilines is 1. The summed E-state index contributed by atoms with van der Waals surface area (Å²) >= 11 is 9.71. The first-order chi connectivity index (χ1) is 9.69. The van der Waals surface area contributed by atoms with Crippen LogP contribution >= 0.6 is 27.5 Å². The highest BCUT2D eigenvalue weighted by molar-refractivity contribution is 9.10. The van der Waals surface area contributed by atoms with Crippen molar-refractivity contribution in [2.75, 3.05) is 5.43 Å². The second-order valence-corrected chi connectivity index (χ2v) is 6.12. The molecule has 0 saturated carbocycles. The number of nitrogen functional groups attached to an aromatic ring is 1. The lowest BCUT2D eigenvalue weighted by molar-refractivity contribution is 0.665. The standard InChI is InChI=1S/C14H14BrClN4/c15-8-5-6-11(16)10(7-8)13-18-12-4-2-1-3-9(12)14(19-13)20-17/h5-7H,1-4,17H2,(H,18,19,20). The van der Waals surface area contributed by atoms with Gasteiger partial charge in [0.25, 0.3) is 0 Å². The van der Waals surface area contributed by atoms with Gasteiger partial charge in [-0.25, -0.2) is 15.8 Å². The first kappa shape index (κ1) is 13.8. The highest BCUT2D eigenvalue weighted by Crippen LogP contribution is 2.32. The molecule has 4 nitrogen and oxygen atoms in total. The number of nitrogens with zero attached hydrogens (tertiary/aromatic N) is 2. The summed E-state index contributed by atoms with van der Waals surface area (Å²) < 4.78 is 0.945. The number of aromatic nitrogens is 2. The molecule has 0 aliphatic heterocycles. The van der Waals surface area contributed by atoms with Gasteiger partial charge in [-0.2, -0.15) is 0 Å². The fourth-order valence-corrected chi connectivity index (χ4v) is 3.07. The smallest absolute Gasteiger partial charge is 0.163 e. The number of benzene rings is 1. The van der Waals surface area contributed by atoms with Crippen molar-refractivity contribution in [1.29, 1.82) is 0 Å². The van der Waals surface area contributed by atoms with Crippen LogP contribution in [0.5, 0.6) is 0 Å². The van der Waals surface area contributed by atoms with E-state index in [1.165, 1.54) is 0 Å². The van der Waals surface area contributed by atoms with Crippen LogP contribution in [0.2, 0.25) is 5.02 Å². The Hall–Kier alpha value is -1.17. The lowest BCUT2D eigenvalue weighted by atomic mass is 9.96. The van der Waals surface area contributed by atoms with Crippen molar-refractivity contribution in [3.63, 3.8) is 0 Å². The molecular formula is C14H14BrClN4. The molecule has 0 spiro atoms. The van der Waals surface area contributed by atoms with Gasteiger partial charge < -0.3 is 5.43 Å². The molecule has 1 aromatic heterocycles. The number of halogens is 2. The van der Waals surface area contributed by atoms with Crippen molar-refractivity contribution in [2.45, 2.75) is 25.7 Å². The summed E-state index contributed by atoms with van der Waals surface area (Å²) in [6.45, 7) is 0. The zero-order valence-corrected chi connectivity index (χ0v) is 13.1. The minimum Gasteiger partial charge on any atom is -0.308 e. The van der Waals surface area contributed by atoms with Crippen molar-refractivity contribution in [3.8, 4) is 11.4 Å². The molecule has 3 rings (SSSR count). The van der Waals surface area contributed by atoms with Gasteiger partial charge in [-0.05, 0) is 43.9 Å². The van der Waals surface area contributed by atoms with Crippen molar-refractivity contribution < 1.29 is 0 Å². The van der Waals surface area contributed by atoms with E-state index in [2.05, 4.69) is 31.3 Å². The molecule has 6 heteroatoms.